The lowest BCUT2D eigenvalue weighted by molar-refractivity contribution is 0.414. The maximum Gasteiger partial charge on any atom is 0.201 e. The summed E-state index contributed by atoms with van der Waals surface area (Å²) in [7, 11) is 0. The molecule has 0 spiro atoms. The molecule has 2 aromatic carbocycles. The highest BCUT2D eigenvalue weighted by molar-refractivity contribution is 5.40. The fourth-order valence-electron chi connectivity index (χ4n) is 2.17. The van der Waals surface area contributed by atoms with Crippen LogP contribution in [-0.2, 0) is 6.54 Å². The Bertz CT molecular complexity index is 653. The Balaban J connectivity index is 1.74. The van der Waals surface area contributed by atoms with Gasteiger partial charge in [-0.15, -0.1) is 0 Å². The first kappa shape index (κ1) is 14.0. The molecule has 0 heterocycles. The number of aryl methyl sites for hydroxylation is 1. The van der Waals surface area contributed by atoms with Crippen LogP contribution in [0.3, 0.4) is 0 Å². The number of benzene rings is 2. The molecule has 0 atom stereocenters. The zero-order chi connectivity index (χ0) is 14.8. The standard InChI is InChI=1S/C17H17F2NO/c1-11-9-12(10-20-13-6-7-13)5-8-15(11)21-16-4-2-3-14(18)17(16)19/h2-5,8-9,13,20H,6-7,10H2,1H3. The first-order chi connectivity index (χ1) is 10.1. The van der Waals surface area contributed by atoms with Crippen molar-refractivity contribution in [1.29, 1.82) is 0 Å². The van der Waals surface area contributed by atoms with E-state index in [9.17, 15) is 8.78 Å². The molecule has 2 nitrogen and oxygen atoms in total. The summed E-state index contributed by atoms with van der Waals surface area (Å²) in [6, 6.07) is 10.3. The number of nitrogens with one attached hydrogen (secondary N) is 1. The Morgan fingerprint density at radius 3 is 2.67 bits per heavy atom. The summed E-state index contributed by atoms with van der Waals surface area (Å²) < 4.78 is 32.2. The minimum absolute atomic E-state index is 0.0954. The third-order valence-corrected chi connectivity index (χ3v) is 3.55. The van der Waals surface area contributed by atoms with Crippen LogP contribution in [0.2, 0.25) is 0 Å². The predicted octanol–water partition coefficient (Wildman–Crippen LogP) is 4.32. The van der Waals surface area contributed by atoms with Gasteiger partial charge in [-0.3, -0.25) is 0 Å². The summed E-state index contributed by atoms with van der Waals surface area (Å²) in [6.07, 6.45) is 2.50. The second kappa shape index (κ2) is 5.82. The van der Waals surface area contributed by atoms with Gasteiger partial charge in [0.2, 0.25) is 5.82 Å². The van der Waals surface area contributed by atoms with Crippen molar-refractivity contribution < 1.29 is 13.5 Å². The molecule has 0 radical (unpaired) electrons. The van der Waals surface area contributed by atoms with E-state index in [-0.39, 0.29) is 5.75 Å². The molecular formula is C17H17F2NO. The largest absolute Gasteiger partial charge is 0.454 e. The van der Waals surface area contributed by atoms with E-state index in [1.807, 2.05) is 19.1 Å². The van der Waals surface area contributed by atoms with Crippen LogP contribution in [-0.4, -0.2) is 6.04 Å². The average Bonchev–Trinajstić information content (AvgIpc) is 3.28. The molecule has 0 unspecified atom stereocenters. The second-order valence-corrected chi connectivity index (χ2v) is 5.41. The number of rotatable bonds is 5. The minimum Gasteiger partial charge on any atom is -0.454 e. The monoisotopic (exact) mass is 289 g/mol. The van der Waals surface area contributed by atoms with Gasteiger partial charge in [0.1, 0.15) is 5.75 Å². The Morgan fingerprint density at radius 2 is 1.95 bits per heavy atom. The molecule has 4 heteroatoms. The van der Waals surface area contributed by atoms with Gasteiger partial charge in [0, 0.05) is 12.6 Å². The molecule has 1 fully saturated rings. The van der Waals surface area contributed by atoms with Crippen molar-refractivity contribution in [3.05, 3.63) is 59.2 Å². The first-order valence-corrected chi connectivity index (χ1v) is 7.08. The molecule has 1 aliphatic carbocycles. The third-order valence-electron chi connectivity index (χ3n) is 3.55. The number of ether oxygens (including phenoxy) is 1. The van der Waals surface area contributed by atoms with Crippen LogP contribution >= 0.6 is 0 Å². The molecular weight excluding hydrogens is 272 g/mol. The van der Waals surface area contributed by atoms with E-state index in [1.54, 1.807) is 6.07 Å². The molecule has 2 aromatic rings. The van der Waals surface area contributed by atoms with Gasteiger partial charge in [-0.25, -0.2) is 4.39 Å². The molecule has 0 bridgehead atoms. The van der Waals surface area contributed by atoms with Crippen LogP contribution in [0.4, 0.5) is 8.78 Å². The second-order valence-electron chi connectivity index (χ2n) is 5.41. The van der Waals surface area contributed by atoms with E-state index in [0.29, 0.717) is 11.8 Å². The van der Waals surface area contributed by atoms with Crippen molar-refractivity contribution in [3.63, 3.8) is 0 Å². The molecule has 21 heavy (non-hydrogen) atoms. The summed E-state index contributed by atoms with van der Waals surface area (Å²) in [6.45, 7) is 2.72. The molecule has 0 saturated heterocycles. The normalized spacial score (nSPS) is 14.2. The van der Waals surface area contributed by atoms with Gasteiger partial charge in [-0.1, -0.05) is 18.2 Å². The van der Waals surface area contributed by atoms with Gasteiger partial charge in [-0.05, 0) is 49.1 Å². The van der Waals surface area contributed by atoms with Crippen LogP contribution in [0.5, 0.6) is 11.5 Å². The van der Waals surface area contributed by atoms with Crippen LogP contribution in [0.25, 0.3) is 0 Å². The van der Waals surface area contributed by atoms with Gasteiger partial charge in [-0.2, -0.15) is 4.39 Å². The lowest BCUT2D eigenvalue weighted by Gasteiger charge is -2.11. The van der Waals surface area contributed by atoms with Crippen molar-refractivity contribution in [1.82, 2.24) is 5.32 Å². The lowest BCUT2D eigenvalue weighted by atomic mass is 10.1. The first-order valence-electron chi connectivity index (χ1n) is 7.08. The molecule has 0 aliphatic heterocycles. The fraction of sp³-hybridized carbons (Fsp3) is 0.294. The van der Waals surface area contributed by atoms with Crippen molar-refractivity contribution in [2.75, 3.05) is 0 Å². The van der Waals surface area contributed by atoms with Crippen LogP contribution < -0.4 is 10.1 Å². The summed E-state index contributed by atoms with van der Waals surface area (Å²) in [5.74, 6) is -1.43. The third kappa shape index (κ3) is 3.39. The molecule has 3 rings (SSSR count). The van der Waals surface area contributed by atoms with E-state index >= 15 is 0 Å². The highest BCUT2D eigenvalue weighted by Gasteiger charge is 2.20. The van der Waals surface area contributed by atoms with Gasteiger partial charge < -0.3 is 10.1 Å². The summed E-state index contributed by atoms with van der Waals surface area (Å²) >= 11 is 0. The minimum atomic E-state index is -0.962. The quantitative estimate of drug-likeness (QED) is 0.885. The average molecular weight is 289 g/mol. The van der Waals surface area contributed by atoms with E-state index in [2.05, 4.69) is 5.32 Å². The number of hydrogen-bond donors (Lipinski definition) is 1. The highest BCUT2D eigenvalue weighted by Crippen LogP contribution is 2.29. The topological polar surface area (TPSA) is 21.3 Å². The maximum atomic E-state index is 13.6. The van der Waals surface area contributed by atoms with E-state index < -0.39 is 11.6 Å². The zero-order valence-corrected chi connectivity index (χ0v) is 11.8. The van der Waals surface area contributed by atoms with E-state index in [4.69, 9.17) is 4.74 Å². The van der Waals surface area contributed by atoms with Gasteiger partial charge in [0.05, 0.1) is 0 Å². The van der Waals surface area contributed by atoms with Crippen molar-refractivity contribution in [3.8, 4) is 11.5 Å². The van der Waals surface area contributed by atoms with Crippen LogP contribution in [0.1, 0.15) is 24.0 Å². The Hall–Kier alpha value is -1.94. The van der Waals surface area contributed by atoms with Gasteiger partial charge >= 0.3 is 0 Å². The van der Waals surface area contributed by atoms with Crippen molar-refractivity contribution in [2.45, 2.75) is 32.4 Å². The fourth-order valence-corrected chi connectivity index (χ4v) is 2.17. The molecule has 1 aliphatic rings. The van der Waals surface area contributed by atoms with E-state index in [1.165, 1.54) is 25.0 Å². The van der Waals surface area contributed by atoms with Gasteiger partial charge in [0.25, 0.3) is 0 Å². The van der Waals surface area contributed by atoms with Gasteiger partial charge in [0.15, 0.2) is 11.6 Å². The maximum absolute atomic E-state index is 13.6. The Kier molecular flexibility index (Phi) is 3.88. The molecule has 0 amide bonds. The number of halogens is 2. The molecule has 0 aromatic heterocycles. The van der Waals surface area contributed by atoms with Crippen molar-refractivity contribution >= 4 is 0 Å². The summed E-state index contributed by atoms with van der Waals surface area (Å²) in [5.41, 5.74) is 2.06. The molecule has 1 N–H and O–H groups in total. The Labute approximate surface area is 122 Å². The summed E-state index contributed by atoms with van der Waals surface area (Å²) in [4.78, 5) is 0. The lowest BCUT2D eigenvalue weighted by Crippen LogP contribution is -2.15. The SMILES string of the molecule is Cc1cc(CNC2CC2)ccc1Oc1cccc(F)c1F. The highest BCUT2D eigenvalue weighted by atomic mass is 19.2. The van der Waals surface area contributed by atoms with Crippen molar-refractivity contribution in [2.24, 2.45) is 0 Å². The Morgan fingerprint density at radius 1 is 1.14 bits per heavy atom. The number of hydrogen-bond acceptors (Lipinski definition) is 2. The molecule has 110 valence electrons. The zero-order valence-electron chi connectivity index (χ0n) is 11.8. The molecule has 1 saturated carbocycles. The van der Waals surface area contributed by atoms with Crippen LogP contribution in [0.15, 0.2) is 36.4 Å². The van der Waals surface area contributed by atoms with E-state index in [0.717, 1.165) is 23.7 Å². The smallest absolute Gasteiger partial charge is 0.201 e. The van der Waals surface area contributed by atoms with Crippen LogP contribution in [0, 0.1) is 18.6 Å². The summed E-state index contributed by atoms with van der Waals surface area (Å²) in [5, 5.41) is 3.44. The predicted molar refractivity (Wildman–Crippen MR) is 77.5 cm³/mol.